The fourth-order valence-corrected chi connectivity index (χ4v) is 2.62. The van der Waals surface area contributed by atoms with Crippen molar-refractivity contribution in [3.8, 4) is 5.75 Å². The molecule has 1 aromatic heterocycles. The standard InChI is InChI=1S/C18H25N3O3S/c1-4-6-7-10-19-18(25)21-20-17(22)16-12(3)14-11-13(23-5-2)8-9-15(14)24-16/h8-9,11H,4-7,10H2,1-3H3,(H,20,22)(H2,19,21,25). The lowest BCUT2D eigenvalue weighted by molar-refractivity contribution is 0.0917. The Morgan fingerprint density at radius 3 is 2.76 bits per heavy atom. The van der Waals surface area contributed by atoms with Gasteiger partial charge in [0.05, 0.1) is 6.61 Å². The number of furan rings is 1. The number of ether oxygens (including phenoxy) is 1. The Morgan fingerprint density at radius 2 is 2.04 bits per heavy atom. The number of hydrogen-bond acceptors (Lipinski definition) is 4. The van der Waals surface area contributed by atoms with Gasteiger partial charge in [-0.25, -0.2) is 0 Å². The van der Waals surface area contributed by atoms with E-state index in [1.54, 1.807) is 6.07 Å². The fourth-order valence-electron chi connectivity index (χ4n) is 2.46. The van der Waals surface area contributed by atoms with Crippen molar-refractivity contribution < 1.29 is 13.9 Å². The summed E-state index contributed by atoms with van der Waals surface area (Å²) in [7, 11) is 0. The highest BCUT2D eigenvalue weighted by Crippen LogP contribution is 2.28. The molecule has 0 fully saturated rings. The SMILES string of the molecule is CCCCCNC(=S)NNC(=O)c1oc2ccc(OCC)cc2c1C. The van der Waals surface area contributed by atoms with E-state index in [2.05, 4.69) is 23.1 Å². The Labute approximate surface area is 153 Å². The first-order valence-electron chi connectivity index (χ1n) is 8.57. The van der Waals surface area contributed by atoms with Crippen molar-refractivity contribution in [1.29, 1.82) is 0 Å². The van der Waals surface area contributed by atoms with Crippen molar-refractivity contribution in [3.63, 3.8) is 0 Å². The highest BCUT2D eigenvalue weighted by Gasteiger charge is 2.18. The summed E-state index contributed by atoms with van der Waals surface area (Å²) in [6.45, 7) is 7.28. The Bertz CT molecular complexity index is 742. The van der Waals surface area contributed by atoms with Gasteiger partial charge in [0, 0.05) is 17.5 Å². The fraction of sp³-hybridized carbons (Fsp3) is 0.444. The van der Waals surface area contributed by atoms with Gasteiger partial charge in [-0.05, 0) is 50.7 Å². The van der Waals surface area contributed by atoms with Gasteiger partial charge in [-0.3, -0.25) is 15.6 Å². The Morgan fingerprint density at radius 1 is 1.24 bits per heavy atom. The summed E-state index contributed by atoms with van der Waals surface area (Å²) < 4.78 is 11.2. The molecule has 3 N–H and O–H groups in total. The van der Waals surface area contributed by atoms with Crippen LogP contribution in [0.1, 0.15) is 49.2 Å². The predicted molar refractivity (Wildman–Crippen MR) is 103 cm³/mol. The van der Waals surface area contributed by atoms with E-state index >= 15 is 0 Å². The van der Waals surface area contributed by atoms with Gasteiger partial charge in [-0.2, -0.15) is 0 Å². The first-order chi connectivity index (χ1) is 12.1. The normalized spacial score (nSPS) is 10.5. The molecule has 1 amide bonds. The molecule has 7 heteroatoms. The maximum atomic E-state index is 12.3. The minimum Gasteiger partial charge on any atom is -0.494 e. The highest BCUT2D eigenvalue weighted by atomic mass is 32.1. The van der Waals surface area contributed by atoms with E-state index in [-0.39, 0.29) is 11.7 Å². The predicted octanol–water partition coefficient (Wildman–Crippen LogP) is 3.44. The van der Waals surface area contributed by atoms with Crippen molar-refractivity contribution >= 4 is 34.2 Å². The smallest absolute Gasteiger partial charge is 0.305 e. The summed E-state index contributed by atoms with van der Waals surface area (Å²) in [5.41, 5.74) is 6.67. The highest BCUT2D eigenvalue weighted by molar-refractivity contribution is 7.80. The van der Waals surface area contributed by atoms with Gasteiger partial charge >= 0.3 is 5.91 Å². The lowest BCUT2D eigenvalue weighted by atomic mass is 10.1. The van der Waals surface area contributed by atoms with Crippen LogP contribution in [0.4, 0.5) is 0 Å². The van der Waals surface area contributed by atoms with E-state index in [4.69, 9.17) is 21.4 Å². The average Bonchev–Trinajstić information content (AvgIpc) is 2.93. The molecule has 0 aliphatic rings. The molecule has 25 heavy (non-hydrogen) atoms. The number of nitrogens with one attached hydrogen (secondary N) is 3. The van der Waals surface area contributed by atoms with Crippen LogP contribution in [0.15, 0.2) is 22.6 Å². The van der Waals surface area contributed by atoms with Crippen LogP contribution in [0.3, 0.4) is 0 Å². The second kappa shape index (κ2) is 9.27. The van der Waals surface area contributed by atoms with Crippen LogP contribution in [-0.4, -0.2) is 24.2 Å². The maximum Gasteiger partial charge on any atom is 0.305 e. The molecule has 2 aromatic rings. The number of carbonyl (C=O) groups excluding carboxylic acids is 1. The minimum atomic E-state index is -0.371. The molecular formula is C18H25N3O3S. The van der Waals surface area contributed by atoms with Gasteiger partial charge in [0.2, 0.25) is 0 Å². The van der Waals surface area contributed by atoms with E-state index in [1.807, 2.05) is 26.0 Å². The first kappa shape index (κ1) is 19.1. The van der Waals surface area contributed by atoms with Crippen LogP contribution >= 0.6 is 12.2 Å². The zero-order valence-electron chi connectivity index (χ0n) is 14.9. The number of amides is 1. The average molecular weight is 363 g/mol. The quantitative estimate of drug-likeness (QED) is 0.397. The minimum absolute atomic E-state index is 0.255. The zero-order chi connectivity index (χ0) is 18.2. The number of rotatable bonds is 7. The topological polar surface area (TPSA) is 75.5 Å². The number of unbranched alkanes of at least 4 members (excludes halogenated alkanes) is 2. The number of fused-ring (bicyclic) bond motifs is 1. The molecule has 0 saturated carbocycles. The molecule has 0 aliphatic heterocycles. The van der Waals surface area contributed by atoms with Gasteiger partial charge in [0.15, 0.2) is 10.9 Å². The van der Waals surface area contributed by atoms with Gasteiger partial charge < -0.3 is 14.5 Å². The van der Waals surface area contributed by atoms with E-state index in [0.29, 0.717) is 17.3 Å². The molecule has 0 unspecified atom stereocenters. The molecule has 0 saturated heterocycles. The van der Waals surface area contributed by atoms with Gasteiger partial charge in [0.1, 0.15) is 11.3 Å². The van der Waals surface area contributed by atoms with Gasteiger partial charge in [-0.15, -0.1) is 0 Å². The van der Waals surface area contributed by atoms with Crippen LogP contribution in [0, 0.1) is 6.92 Å². The molecule has 136 valence electrons. The molecule has 1 aromatic carbocycles. The zero-order valence-corrected chi connectivity index (χ0v) is 15.7. The number of hydrogen-bond donors (Lipinski definition) is 3. The lowest BCUT2D eigenvalue weighted by Gasteiger charge is -2.10. The van der Waals surface area contributed by atoms with E-state index in [0.717, 1.165) is 42.5 Å². The number of hydrazine groups is 1. The summed E-state index contributed by atoms with van der Waals surface area (Å²) in [4.78, 5) is 12.3. The van der Waals surface area contributed by atoms with Crippen LogP contribution in [0.25, 0.3) is 11.0 Å². The summed E-state index contributed by atoms with van der Waals surface area (Å²) in [5, 5.41) is 4.29. The van der Waals surface area contributed by atoms with Crippen LogP contribution in [0.5, 0.6) is 5.75 Å². The molecule has 0 atom stereocenters. The van der Waals surface area contributed by atoms with Crippen molar-refractivity contribution in [2.75, 3.05) is 13.2 Å². The van der Waals surface area contributed by atoms with Gasteiger partial charge in [0.25, 0.3) is 0 Å². The summed E-state index contributed by atoms with van der Waals surface area (Å²) in [6.07, 6.45) is 3.33. The first-order valence-corrected chi connectivity index (χ1v) is 8.97. The third kappa shape index (κ3) is 5.09. The van der Waals surface area contributed by atoms with E-state index in [1.165, 1.54) is 0 Å². The number of benzene rings is 1. The molecule has 6 nitrogen and oxygen atoms in total. The molecular weight excluding hydrogens is 338 g/mol. The van der Waals surface area contributed by atoms with Gasteiger partial charge in [-0.1, -0.05) is 19.8 Å². The monoisotopic (exact) mass is 363 g/mol. The number of carbonyl (C=O) groups is 1. The van der Waals surface area contributed by atoms with Crippen LogP contribution < -0.4 is 20.9 Å². The summed E-state index contributed by atoms with van der Waals surface area (Å²) >= 11 is 5.13. The Balaban J connectivity index is 1.97. The molecule has 0 spiro atoms. The van der Waals surface area contributed by atoms with Crippen LogP contribution in [0.2, 0.25) is 0 Å². The molecule has 0 radical (unpaired) electrons. The molecule has 0 aliphatic carbocycles. The van der Waals surface area contributed by atoms with Crippen LogP contribution in [-0.2, 0) is 0 Å². The number of thiocarbonyl (C=S) groups is 1. The summed E-state index contributed by atoms with van der Waals surface area (Å²) in [5.74, 6) is 0.635. The third-order valence-corrected chi connectivity index (χ3v) is 4.03. The molecule has 2 rings (SSSR count). The second-order valence-electron chi connectivity index (χ2n) is 5.69. The van der Waals surface area contributed by atoms with Crippen molar-refractivity contribution in [1.82, 2.24) is 16.2 Å². The van der Waals surface area contributed by atoms with E-state index in [9.17, 15) is 4.79 Å². The Kier molecular flexibility index (Phi) is 7.06. The second-order valence-corrected chi connectivity index (χ2v) is 6.10. The molecule has 0 bridgehead atoms. The number of aryl methyl sites for hydroxylation is 1. The summed E-state index contributed by atoms with van der Waals surface area (Å²) in [6, 6.07) is 5.50. The Hall–Kier alpha value is -2.28. The maximum absolute atomic E-state index is 12.3. The largest absolute Gasteiger partial charge is 0.494 e. The molecule has 1 heterocycles. The van der Waals surface area contributed by atoms with E-state index < -0.39 is 0 Å². The van der Waals surface area contributed by atoms with Crippen molar-refractivity contribution in [3.05, 3.63) is 29.5 Å². The van der Waals surface area contributed by atoms with Crippen molar-refractivity contribution in [2.24, 2.45) is 0 Å². The lowest BCUT2D eigenvalue weighted by Crippen LogP contribution is -2.47. The third-order valence-electron chi connectivity index (χ3n) is 3.78. The van der Waals surface area contributed by atoms with Crippen molar-refractivity contribution in [2.45, 2.75) is 40.0 Å².